The summed E-state index contributed by atoms with van der Waals surface area (Å²) in [6.45, 7) is 2.15. The van der Waals surface area contributed by atoms with Crippen LogP contribution in [0.5, 0.6) is 5.75 Å². The van der Waals surface area contributed by atoms with Gasteiger partial charge >= 0.3 is 12.3 Å². The summed E-state index contributed by atoms with van der Waals surface area (Å²) in [6.07, 6.45) is -1.69. The highest BCUT2D eigenvalue weighted by molar-refractivity contribution is 7.89. The molecule has 2 N–H and O–H groups in total. The number of halogens is 3. The van der Waals surface area contributed by atoms with Crippen molar-refractivity contribution in [3.63, 3.8) is 0 Å². The van der Waals surface area contributed by atoms with Crippen LogP contribution in [-0.2, 0) is 27.8 Å². The van der Waals surface area contributed by atoms with E-state index in [0.717, 1.165) is 52.5 Å². The fourth-order valence-corrected chi connectivity index (χ4v) is 6.14. The molecule has 14 heteroatoms. The molecule has 10 nitrogen and oxygen atoms in total. The van der Waals surface area contributed by atoms with E-state index in [4.69, 9.17) is 5.11 Å². The molecule has 2 heterocycles. The van der Waals surface area contributed by atoms with E-state index in [1.807, 2.05) is 24.3 Å². The van der Waals surface area contributed by atoms with E-state index < -0.39 is 40.1 Å². The van der Waals surface area contributed by atoms with Crippen molar-refractivity contribution in [2.45, 2.75) is 43.6 Å². The zero-order valence-electron chi connectivity index (χ0n) is 22.5. The molecule has 2 aromatic carbocycles. The van der Waals surface area contributed by atoms with Crippen molar-refractivity contribution in [3.8, 4) is 5.75 Å². The van der Waals surface area contributed by atoms with Gasteiger partial charge in [-0.25, -0.2) is 18.2 Å². The number of pyridine rings is 1. The number of carboxylic acids is 1. The molecule has 1 aliphatic heterocycles. The number of anilines is 1. The zero-order valence-corrected chi connectivity index (χ0v) is 23.4. The summed E-state index contributed by atoms with van der Waals surface area (Å²) in [6, 6.07) is 13.1. The molecular formula is C28H29F3N4O6S. The third-order valence-corrected chi connectivity index (χ3v) is 8.58. The summed E-state index contributed by atoms with van der Waals surface area (Å²) < 4.78 is 69.8. The van der Waals surface area contributed by atoms with Crippen LogP contribution in [0.2, 0.25) is 0 Å². The first-order valence-electron chi connectivity index (χ1n) is 13.0. The minimum Gasteiger partial charge on any atom is -0.477 e. The molecule has 42 heavy (non-hydrogen) atoms. The normalized spacial score (nSPS) is 16.2. The smallest absolute Gasteiger partial charge is 0.477 e. The molecule has 1 aliphatic rings. The standard InChI is InChI=1S/C28H29F3N4O6S/c1-2-3-19-4-6-20(7-5-19)16-33-26(36)25-18-34(21-8-13-24(27(37)38)32-17-21)14-15-35(25)42(39,40)23-11-9-22(10-12-23)41-28(29,30)31/h4-13,17,25H,2-3,14-16,18H2,1H3,(H,33,36)(H,37,38)/t25-/m1/s1. The second kappa shape index (κ2) is 12.8. The second-order valence-corrected chi connectivity index (χ2v) is 11.5. The maximum atomic E-state index is 13.6. The average Bonchev–Trinajstić information content (AvgIpc) is 2.96. The lowest BCUT2D eigenvalue weighted by Gasteiger charge is -2.40. The van der Waals surface area contributed by atoms with Gasteiger partial charge in [0.2, 0.25) is 15.9 Å². The fourth-order valence-electron chi connectivity index (χ4n) is 4.57. The molecule has 4 rings (SSSR count). The van der Waals surface area contributed by atoms with Crippen LogP contribution in [0.1, 0.15) is 35.0 Å². The second-order valence-electron chi connectivity index (χ2n) is 9.59. The highest BCUT2D eigenvalue weighted by Crippen LogP contribution is 2.28. The highest BCUT2D eigenvalue weighted by atomic mass is 32.2. The number of hydrogen-bond acceptors (Lipinski definition) is 7. The molecule has 224 valence electrons. The van der Waals surface area contributed by atoms with E-state index in [1.165, 1.54) is 18.3 Å². The molecule has 0 aliphatic carbocycles. The number of sulfonamides is 1. The van der Waals surface area contributed by atoms with Crippen LogP contribution in [0.4, 0.5) is 18.9 Å². The molecule has 0 radical (unpaired) electrons. The number of hydrogen-bond donors (Lipinski definition) is 2. The molecule has 1 saturated heterocycles. The SMILES string of the molecule is CCCc1ccc(CNC(=O)[C@H]2CN(c3ccc(C(=O)O)nc3)CCN2S(=O)(=O)c2ccc(OC(F)(F)F)cc2)cc1. The van der Waals surface area contributed by atoms with Crippen molar-refractivity contribution in [2.75, 3.05) is 24.5 Å². The largest absolute Gasteiger partial charge is 0.573 e. The lowest BCUT2D eigenvalue weighted by molar-refractivity contribution is -0.274. The Morgan fingerprint density at radius 3 is 2.26 bits per heavy atom. The molecule has 3 aromatic rings. The van der Waals surface area contributed by atoms with Crippen LogP contribution < -0.4 is 15.0 Å². The lowest BCUT2D eigenvalue weighted by atomic mass is 10.1. The number of carbonyl (C=O) groups excluding carboxylic acids is 1. The molecule has 1 atom stereocenters. The van der Waals surface area contributed by atoms with Gasteiger partial charge in [-0.3, -0.25) is 4.79 Å². The quantitative estimate of drug-likeness (QED) is 0.357. The number of aryl methyl sites for hydroxylation is 1. The predicted octanol–water partition coefficient (Wildman–Crippen LogP) is 3.83. The number of nitrogens with zero attached hydrogens (tertiary/aromatic N) is 3. The number of amides is 1. The van der Waals surface area contributed by atoms with Gasteiger partial charge in [0.1, 0.15) is 17.5 Å². The number of carbonyl (C=O) groups is 2. The van der Waals surface area contributed by atoms with Gasteiger partial charge in [0.05, 0.1) is 16.8 Å². The summed E-state index contributed by atoms with van der Waals surface area (Å²) in [5.41, 5.74) is 2.30. The van der Waals surface area contributed by atoms with Gasteiger partial charge in [0, 0.05) is 26.2 Å². The maximum absolute atomic E-state index is 13.6. The topological polar surface area (TPSA) is 129 Å². The first-order valence-corrected chi connectivity index (χ1v) is 14.5. The van der Waals surface area contributed by atoms with E-state index in [9.17, 15) is 31.2 Å². The number of aromatic nitrogens is 1. The van der Waals surface area contributed by atoms with Gasteiger partial charge in [-0.1, -0.05) is 37.6 Å². The summed E-state index contributed by atoms with van der Waals surface area (Å²) in [5.74, 6) is -2.36. The Morgan fingerprint density at radius 2 is 1.69 bits per heavy atom. The van der Waals surface area contributed by atoms with Crippen LogP contribution in [0.25, 0.3) is 0 Å². The van der Waals surface area contributed by atoms with E-state index in [0.29, 0.717) is 5.69 Å². The number of rotatable bonds is 10. The summed E-state index contributed by atoms with van der Waals surface area (Å²) in [4.78, 5) is 30.0. The van der Waals surface area contributed by atoms with E-state index in [-0.39, 0.29) is 36.8 Å². The number of alkyl halides is 3. The number of piperazine rings is 1. The van der Waals surface area contributed by atoms with Crippen molar-refractivity contribution >= 4 is 27.6 Å². The van der Waals surface area contributed by atoms with Gasteiger partial charge in [-0.15, -0.1) is 13.2 Å². The third kappa shape index (κ3) is 7.56. The number of ether oxygens (including phenoxy) is 1. The van der Waals surface area contributed by atoms with E-state index in [1.54, 1.807) is 4.90 Å². The van der Waals surface area contributed by atoms with E-state index in [2.05, 4.69) is 22.0 Å². The van der Waals surface area contributed by atoms with Crippen molar-refractivity contribution in [3.05, 3.63) is 83.7 Å². The number of nitrogens with one attached hydrogen (secondary N) is 1. The molecule has 0 unspecified atom stereocenters. The molecular weight excluding hydrogens is 577 g/mol. The third-order valence-electron chi connectivity index (χ3n) is 6.66. The van der Waals surface area contributed by atoms with E-state index >= 15 is 0 Å². The van der Waals surface area contributed by atoms with Gasteiger partial charge in [-0.05, 0) is 53.9 Å². The number of aromatic carboxylic acids is 1. The summed E-state index contributed by atoms with van der Waals surface area (Å²) in [5, 5.41) is 11.9. The van der Waals surface area contributed by atoms with Gasteiger partial charge < -0.3 is 20.1 Å². The number of carboxylic acid groups (broad SMARTS) is 1. The van der Waals surface area contributed by atoms with Gasteiger partial charge in [0.25, 0.3) is 0 Å². The van der Waals surface area contributed by atoms with Crippen LogP contribution in [0.3, 0.4) is 0 Å². The molecule has 1 aromatic heterocycles. The zero-order chi connectivity index (χ0) is 30.5. The van der Waals surface area contributed by atoms with Crippen LogP contribution in [0, 0.1) is 0 Å². The fraction of sp³-hybridized carbons (Fsp3) is 0.321. The lowest BCUT2D eigenvalue weighted by Crippen LogP contribution is -2.60. The average molecular weight is 607 g/mol. The monoisotopic (exact) mass is 606 g/mol. The Kier molecular flexibility index (Phi) is 9.36. The Balaban J connectivity index is 1.57. The molecule has 1 fully saturated rings. The Bertz CT molecular complexity index is 1500. The van der Waals surface area contributed by atoms with Crippen LogP contribution in [0.15, 0.2) is 71.8 Å². The maximum Gasteiger partial charge on any atom is 0.573 e. The van der Waals surface area contributed by atoms with Crippen LogP contribution in [-0.4, -0.2) is 66.7 Å². The van der Waals surface area contributed by atoms with Crippen molar-refractivity contribution in [1.29, 1.82) is 0 Å². The molecule has 0 spiro atoms. The summed E-state index contributed by atoms with van der Waals surface area (Å²) >= 11 is 0. The summed E-state index contributed by atoms with van der Waals surface area (Å²) in [7, 11) is -4.32. The molecule has 0 saturated carbocycles. The molecule has 1 amide bonds. The highest BCUT2D eigenvalue weighted by Gasteiger charge is 2.40. The first kappa shape index (κ1) is 30.8. The van der Waals surface area contributed by atoms with Crippen molar-refractivity contribution < 1.29 is 41.0 Å². The van der Waals surface area contributed by atoms with Crippen LogP contribution >= 0.6 is 0 Å². The minimum atomic E-state index is -4.94. The van der Waals surface area contributed by atoms with Gasteiger partial charge in [0.15, 0.2) is 0 Å². The first-order chi connectivity index (χ1) is 19.9. The Morgan fingerprint density at radius 1 is 1.02 bits per heavy atom. The predicted molar refractivity (Wildman–Crippen MR) is 146 cm³/mol. The van der Waals surface area contributed by atoms with Gasteiger partial charge in [-0.2, -0.15) is 4.31 Å². The van der Waals surface area contributed by atoms with Crippen molar-refractivity contribution in [1.82, 2.24) is 14.6 Å². The van der Waals surface area contributed by atoms with Crippen molar-refractivity contribution in [2.24, 2.45) is 0 Å². The minimum absolute atomic E-state index is 0.0795. The number of benzene rings is 2. The Labute approximate surface area is 240 Å². The Hall–Kier alpha value is -4.17. The molecule has 0 bridgehead atoms.